The van der Waals surface area contributed by atoms with E-state index >= 15 is 0 Å². The lowest BCUT2D eigenvalue weighted by Crippen LogP contribution is -2.47. The molecule has 0 atom stereocenters. The summed E-state index contributed by atoms with van der Waals surface area (Å²) in [4.78, 5) is 12.8. The molecule has 1 aromatic heterocycles. The van der Waals surface area contributed by atoms with E-state index in [-0.39, 0.29) is 12.4 Å². The summed E-state index contributed by atoms with van der Waals surface area (Å²) in [6.07, 6.45) is 3.59. The van der Waals surface area contributed by atoms with Gasteiger partial charge in [-0.15, -0.1) is 0 Å². The van der Waals surface area contributed by atoms with Crippen LogP contribution in [0.25, 0.3) is 0 Å². The van der Waals surface area contributed by atoms with Crippen molar-refractivity contribution in [3.63, 3.8) is 0 Å². The van der Waals surface area contributed by atoms with Crippen LogP contribution in [0, 0.1) is 5.82 Å². The number of aliphatic hydroxyl groups excluding tert-OH is 1. The zero-order chi connectivity index (χ0) is 18.4. The number of aromatic nitrogens is 2. The molecule has 0 amide bonds. The predicted octanol–water partition coefficient (Wildman–Crippen LogP) is 1.49. The summed E-state index contributed by atoms with van der Waals surface area (Å²) in [6.45, 7) is 3.86. The number of benzene rings is 1. The molecule has 2 heterocycles. The van der Waals surface area contributed by atoms with Crippen molar-refractivity contribution in [1.82, 2.24) is 9.97 Å². The number of nitrogens with zero attached hydrogens (tertiary/aromatic N) is 4. The summed E-state index contributed by atoms with van der Waals surface area (Å²) in [5.74, 6) is 0.241. The number of ether oxygens (including phenoxy) is 1. The van der Waals surface area contributed by atoms with Crippen molar-refractivity contribution < 1.29 is 14.2 Å². The van der Waals surface area contributed by atoms with Crippen LogP contribution in [0.15, 0.2) is 30.6 Å². The first-order valence-corrected chi connectivity index (χ1v) is 8.66. The van der Waals surface area contributed by atoms with Gasteiger partial charge in [0.15, 0.2) is 5.82 Å². The fraction of sp³-hybridized carbons (Fsp3) is 0.444. The maximum Gasteiger partial charge on any atom is 0.222 e. The van der Waals surface area contributed by atoms with Crippen LogP contribution in [0.2, 0.25) is 0 Å². The molecular weight excluding hydrogens is 337 g/mol. The fourth-order valence-electron chi connectivity index (χ4n) is 2.98. The van der Waals surface area contributed by atoms with Crippen molar-refractivity contribution in [2.75, 3.05) is 61.6 Å². The van der Waals surface area contributed by atoms with Gasteiger partial charge < -0.3 is 25.0 Å². The molecule has 1 aliphatic rings. The van der Waals surface area contributed by atoms with Crippen molar-refractivity contribution in [2.45, 2.75) is 6.61 Å². The molecular formula is C18H24FN5O2. The van der Waals surface area contributed by atoms with Crippen molar-refractivity contribution >= 4 is 17.3 Å². The van der Waals surface area contributed by atoms with Crippen LogP contribution in [0.5, 0.6) is 0 Å². The van der Waals surface area contributed by atoms with Crippen LogP contribution < -0.4 is 15.1 Å². The molecule has 7 nitrogen and oxygen atoms in total. The topological polar surface area (TPSA) is 73.8 Å². The maximum atomic E-state index is 14.4. The molecule has 1 saturated heterocycles. The molecule has 0 aliphatic carbocycles. The molecule has 1 fully saturated rings. The van der Waals surface area contributed by atoms with Crippen LogP contribution in [0.1, 0.15) is 5.56 Å². The maximum absolute atomic E-state index is 14.4. The monoisotopic (exact) mass is 361 g/mol. The highest BCUT2D eigenvalue weighted by molar-refractivity contribution is 5.53. The van der Waals surface area contributed by atoms with Gasteiger partial charge in [0, 0.05) is 45.4 Å². The van der Waals surface area contributed by atoms with E-state index in [1.807, 2.05) is 4.90 Å². The van der Waals surface area contributed by atoms with Gasteiger partial charge in [0.1, 0.15) is 0 Å². The van der Waals surface area contributed by atoms with E-state index in [0.29, 0.717) is 43.4 Å². The van der Waals surface area contributed by atoms with Gasteiger partial charge in [-0.3, -0.25) is 0 Å². The summed E-state index contributed by atoms with van der Waals surface area (Å²) in [5, 5.41) is 12.3. The normalized spacial score (nSPS) is 14.6. The number of piperazine rings is 1. The molecule has 26 heavy (non-hydrogen) atoms. The zero-order valence-electron chi connectivity index (χ0n) is 14.9. The summed E-state index contributed by atoms with van der Waals surface area (Å²) < 4.78 is 19.4. The molecule has 0 unspecified atom stereocenters. The molecule has 8 heteroatoms. The Labute approximate surface area is 152 Å². The molecule has 0 bridgehead atoms. The zero-order valence-corrected chi connectivity index (χ0v) is 14.9. The minimum Gasteiger partial charge on any atom is -0.392 e. The van der Waals surface area contributed by atoms with E-state index in [1.165, 1.54) is 0 Å². The molecule has 3 rings (SSSR count). The highest BCUT2D eigenvalue weighted by Gasteiger charge is 2.21. The van der Waals surface area contributed by atoms with E-state index in [9.17, 15) is 9.50 Å². The third-order valence-electron chi connectivity index (χ3n) is 4.44. The van der Waals surface area contributed by atoms with E-state index in [0.717, 1.165) is 18.8 Å². The molecule has 0 radical (unpaired) electrons. The van der Waals surface area contributed by atoms with E-state index in [4.69, 9.17) is 4.74 Å². The Morgan fingerprint density at radius 1 is 1.15 bits per heavy atom. The molecule has 0 saturated carbocycles. The highest BCUT2D eigenvalue weighted by atomic mass is 19.1. The van der Waals surface area contributed by atoms with Crippen LogP contribution >= 0.6 is 0 Å². The number of hydrogen-bond donors (Lipinski definition) is 2. The Morgan fingerprint density at radius 2 is 1.85 bits per heavy atom. The van der Waals surface area contributed by atoms with Gasteiger partial charge in [0.05, 0.1) is 37.0 Å². The van der Waals surface area contributed by atoms with Crippen molar-refractivity contribution in [1.29, 1.82) is 0 Å². The summed E-state index contributed by atoms with van der Waals surface area (Å²) in [6, 6.07) is 5.14. The molecule has 140 valence electrons. The summed E-state index contributed by atoms with van der Waals surface area (Å²) in [7, 11) is 1.65. The molecule has 0 spiro atoms. The molecule has 2 N–H and O–H groups in total. The largest absolute Gasteiger partial charge is 0.392 e. The van der Waals surface area contributed by atoms with Crippen LogP contribution in [-0.2, 0) is 11.3 Å². The van der Waals surface area contributed by atoms with Crippen LogP contribution in [0.4, 0.5) is 21.7 Å². The molecule has 1 aromatic carbocycles. The Bertz CT molecular complexity index is 705. The second-order valence-electron chi connectivity index (χ2n) is 6.07. The summed E-state index contributed by atoms with van der Waals surface area (Å²) in [5.41, 5.74) is 1.83. The number of rotatable bonds is 7. The van der Waals surface area contributed by atoms with Crippen molar-refractivity contribution in [3.8, 4) is 0 Å². The van der Waals surface area contributed by atoms with E-state index < -0.39 is 0 Å². The lowest BCUT2D eigenvalue weighted by Gasteiger charge is -2.37. The first kappa shape index (κ1) is 18.3. The number of anilines is 3. The van der Waals surface area contributed by atoms with E-state index in [2.05, 4.69) is 20.2 Å². The molecule has 2 aromatic rings. The van der Waals surface area contributed by atoms with Gasteiger partial charge >= 0.3 is 0 Å². The van der Waals surface area contributed by atoms with Crippen LogP contribution in [-0.4, -0.2) is 61.5 Å². The van der Waals surface area contributed by atoms with Gasteiger partial charge in [0.25, 0.3) is 0 Å². The Balaban J connectivity index is 1.58. The second kappa shape index (κ2) is 8.77. The first-order valence-electron chi connectivity index (χ1n) is 8.66. The quantitative estimate of drug-likeness (QED) is 0.724. The number of methoxy groups -OCH3 is 1. The van der Waals surface area contributed by atoms with Gasteiger partial charge in [-0.25, -0.2) is 14.4 Å². The first-order chi connectivity index (χ1) is 12.7. The number of hydrogen-bond acceptors (Lipinski definition) is 7. The van der Waals surface area contributed by atoms with Crippen molar-refractivity contribution in [2.24, 2.45) is 0 Å². The Morgan fingerprint density at radius 3 is 2.50 bits per heavy atom. The lowest BCUT2D eigenvalue weighted by molar-refractivity contribution is 0.210. The minimum absolute atomic E-state index is 0.290. The van der Waals surface area contributed by atoms with Gasteiger partial charge in [-0.1, -0.05) is 12.1 Å². The summed E-state index contributed by atoms with van der Waals surface area (Å²) >= 11 is 0. The molecule has 1 aliphatic heterocycles. The van der Waals surface area contributed by atoms with Crippen molar-refractivity contribution in [3.05, 3.63) is 42.0 Å². The van der Waals surface area contributed by atoms with Gasteiger partial charge in [-0.2, -0.15) is 0 Å². The smallest absolute Gasteiger partial charge is 0.222 e. The Hall–Kier alpha value is -2.45. The Kier molecular flexibility index (Phi) is 6.19. The average molecular weight is 361 g/mol. The van der Waals surface area contributed by atoms with Gasteiger partial charge in [-0.05, 0) is 6.07 Å². The fourth-order valence-corrected chi connectivity index (χ4v) is 2.98. The number of nitrogens with one attached hydrogen (secondary N) is 1. The van der Waals surface area contributed by atoms with Crippen LogP contribution in [0.3, 0.4) is 0 Å². The number of aliphatic hydroxyl groups is 1. The second-order valence-corrected chi connectivity index (χ2v) is 6.07. The average Bonchev–Trinajstić information content (AvgIpc) is 2.69. The highest BCUT2D eigenvalue weighted by Crippen LogP contribution is 2.25. The SMILES string of the molecule is COCCNc1ncc(N2CCN(c3cccc(CO)c3F)CC2)cn1. The minimum atomic E-state index is -0.335. The van der Waals surface area contributed by atoms with E-state index in [1.54, 1.807) is 37.7 Å². The third-order valence-corrected chi connectivity index (χ3v) is 4.44. The standard InChI is InChI=1S/C18H24FN5O2/c1-26-10-5-20-18-21-11-15(12-22-18)23-6-8-24(9-7-23)16-4-2-3-14(13-25)17(16)19/h2-4,11-12,25H,5-10,13H2,1H3,(H,20,21,22). The van der Waals surface area contributed by atoms with Gasteiger partial charge in [0.2, 0.25) is 5.95 Å². The lowest BCUT2D eigenvalue weighted by atomic mass is 10.1. The predicted molar refractivity (Wildman–Crippen MR) is 99.1 cm³/mol. The number of halogens is 1. The third kappa shape index (κ3) is 4.20.